The predicted octanol–water partition coefficient (Wildman–Crippen LogP) is 2.07. The molecule has 0 amide bonds. The molecule has 1 aromatic rings. The van der Waals surface area contributed by atoms with E-state index in [2.05, 4.69) is 19.6 Å². The molecule has 1 aromatic heterocycles. The van der Waals surface area contributed by atoms with Gasteiger partial charge < -0.3 is 4.42 Å². The van der Waals surface area contributed by atoms with E-state index in [4.69, 9.17) is 4.42 Å². The van der Waals surface area contributed by atoms with Crippen molar-refractivity contribution in [3.63, 3.8) is 0 Å². The van der Waals surface area contributed by atoms with Crippen LogP contribution in [-0.4, -0.2) is 13.0 Å². The van der Waals surface area contributed by atoms with Gasteiger partial charge >= 0.3 is 0 Å². The molecule has 76 valence electrons. The second kappa shape index (κ2) is 3.79. The summed E-state index contributed by atoms with van der Waals surface area (Å²) < 4.78 is 5.47. The molecule has 0 aliphatic heterocycles. The van der Waals surface area contributed by atoms with Gasteiger partial charge in [-0.2, -0.15) is 0 Å². The number of nitrogens with zero attached hydrogens (tertiary/aromatic N) is 1. The minimum Gasteiger partial charge on any atom is -0.467 e. The Morgan fingerprint density at radius 1 is 1.43 bits per heavy atom. The van der Waals surface area contributed by atoms with Gasteiger partial charge in [-0.25, -0.2) is 0 Å². The Kier molecular flexibility index (Phi) is 2.90. The monoisotopic (exact) mass is 211 g/mol. The highest BCUT2D eigenvalue weighted by Gasteiger charge is 2.20. The molecule has 0 atom stereocenters. The van der Waals surface area contributed by atoms with Crippen LogP contribution in [0.15, 0.2) is 22.7 Å². The van der Waals surface area contributed by atoms with E-state index in [-0.39, 0.29) is 0 Å². The molecule has 0 fully saturated rings. The van der Waals surface area contributed by atoms with Crippen LogP contribution in [0.4, 0.5) is 0 Å². The number of rotatable bonds is 3. The van der Waals surface area contributed by atoms with Crippen LogP contribution in [0.5, 0.6) is 0 Å². The molecule has 0 saturated heterocycles. The first-order chi connectivity index (χ1) is 6.39. The molecular formula is C9H13NO3Si. The highest BCUT2D eigenvalue weighted by Crippen LogP contribution is 2.07. The van der Waals surface area contributed by atoms with Gasteiger partial charge in [0.25, 0.3) is 0 Å². The van der Waals surface area contributed by atoms with Gasteiger partial charge in [-0.15, -0.1) is 0 Å². The van der Waals surface area contributed by atoms with Crippen molar-refractivity contribution in [1.82, 2.24) is 0 Å². The lowest BCUT2D eigenvalue weighted by atomic mass is 10.4. The Hall–Kier alpha value is -1.36. The minimum absolute atomic E-state index is 0.503. The van der Waals surface area contributed by atoms with E-state index < -0.39 is 13.0 Å². The van der Waals surface area contributed by atoms with Crippen LogP contribution in [0.2, 0.25) is 19.6 Å². The van der Waals surface area contributed by atoms with E-state index in [1.54, 1.807) is 6.07 Å². The van der Waals surface area contributed by atoms with E-state index in [1.165, 1.54) is 6.08 Å². The molecule has 0 aromatic carbocycles. The van der Waals surface area contributed by atoms with Gasteiger partial charge in [0.2, 0.25) is 6.20 Å². The maximum atomic E-state index is 10.1. The van der Waals surface area contributed by atoms with E-state index >= 15 is 0 Å². The third-order valence-electron chi connectivity index (χ3n) is 1.73. The molecule has 14 heavy (non-hydrogen) atoms. The Balaban J connectivity index is 2.84. The second-order valence-electron chi connectivity index (χ2n) is 4.05. The van der Waals surface area contributed by atoms with Crippen molar-refractivity contribution in [2.24, 2.45) is 0 Å². The molecule has 0 N–H and O–H groups in total. The van der Waals surface area contributed by atoms with E-state index in [0.717, 1.165) is 11.6 Å². The third kappa shape index (κ3) is 2.84. The first kappa shape index (κ1) is 10.7. The summed E-state index contributed by atoms with van der Waals surface area (Å²) in [4.78, 5) is 9.56. The Morgan fingerprint density at radius 2 is 2.07 bits per heavy atom. The first-order valence-electron chi connectivity index (χ1n) is 4.31. The van der Waals surface area contributed by atoms with E-state index in [0.29, 0.717) is 5.76 Å². The molecule has 0 aliphatic rings. The fourth-order valence-electron chi connectivity index (χ4n) is 0.980. The van der Waals surface area contributed by atoms with Crippen molar-refractivity contribution >= 4 is 19.5 Å². The van der Waals surface area contributed by atoms with Gasteiger partial charge in [-0.1, -0.05) is 19.6 Å². The van der Waals surface area contributed by atoms with Crippen molar-refractivity contribution in [2.75, 3.05) is 0 Å². The maximum Gasteiger partial charge on any atom is 0.238 e. The smallest absolute Gasteiger partial charge is 0.238 e. The lowest BCUT2D eigenvalue weighted by Crippen LogP contribution is -2.36. The summed E-state index contributed by atoms with van der Waals surface area (Å²) in [7, 11) is -1.44. The fraction of sp³-hybridized carbons (Fsp3) is 0.333. The fourth-order valence-corrected chi connectivity index (χ4v) is 1.99. The lowest BCUT2D eigenvalue weighted by Gasteiger charge is -2.10. The molecule has 0 saturated carbocycles. The topological polar surface area (TPSA) is 56.3 Å². The van der Waals surface area contributed by atoms with E-state index in [9.17, 15) is 10.1 Å². The average Bonchev–Trinajstić information content (AvgIpc) is 2.47. The zero-order valence-electron chi connectivity index (χ0n) is 8.48. The van der Waals surface area contributed by atoms with Crippen molar-refractivity contribution in [3.05, 3.63) is 34.2 Å². The van der Waals surface area contributed by atoms with Crippen LogP contribution < -0.4 is 5.38 Å². The zero-order valence-corrected chi connectivity index (χ0v) is 9.48. The van der Waals surface area contributed by atoms with Crippen LogP contribution >= 0.6 is 0 Å². The molecule has 1 heterocycles. The molecule has 4 nitrogen and oxygen atoms in total. The van der Waals surface area contributed by atoms with Gasteiger partial charge in [0.15, 0.2) is 0 Å². The van der Waals surface area contributed by atoms with Gasteiger partial charge in [0.1, 0.15) is 13.8 Å². The highest BCUT2D eigenvalue weighted by atomic mass is 28.3. The minimum atomic E-state index is -1.44. The quantitative estimate of drug-likeness (QED) is 0.437. The standard InChI is InChI=1S/C9H13NO3Si/c1-14(2,3)9-5-4-8(13-9)6-7-10(11)12/h4-7H,1-3H3/b7-6+. The Bertz CT molecular complexity index is 362. The summed E-state index contributed by atoms with van der Waals surface area (Å²) in [5.41, 5.74) is 0. The summed E-state index contributed by atoms with van der Waals surface area (Å²) in [6.07, 6.45) is 2.25. The van der Waals surface area contributed by atoms with Gasteiger partial charge in [0, 0.05) is 0 Å². The normalized spacial score (nSPS) is 12.2. The zero-order chi connectivity index (χ0) is 10.8. The molecular weight excluding hydrogens is 198 g/mol. The van der Waals surface area contributed by atoms with Crippen molar-refractivity contribution in [3.8, 4) is 0 Å². The maximum absolute atomic E-state index is 10.1. The molecule has 0 aliphatic carbocycles. The molecule has 0 unspecified atom stereocenters. The molecule has 0 spiro atoms. The van der Waals surface area contributed by atoms with Crippen molar-refractivity contribution in [1.29, 1.82) is 0 Å². The van der Waals surface area contributed by atoms with Crippen LogP contribution in [0.3, 0.4) is 0 Å². The second-order valence-corrected chi connectivity index (χ2v) is 9.05. The molecule has 5 heteroatoms. The number of nitro groups is 1. The first-order valence-corrected chi connectivity index (χ1v) is 7.81. The van der Waals surface area contributed by atoms with Gasteiger partial charge in [0.05, 0.1) is 16.4 Å². The van der Waals surface area contributed by atoms with Crippen molar-refractivity contribution < 1.29 is 9.34 Å². The van der Waals surface area contributed by atoms with Crippen LogP contribution in [0.1, 0.15) is 5.76 Å². The summed E-state index contributed by atoms with van der Waals surface area (Å²) >= 11 is 0. The Labute approximate surface area is 83.4 Å². The third-order valence-corrected chi connectivity index (χ3v) is 3.47. The number of hydrogen-bond donors (Lipinski definition) is 0. The predicted molar refractivity (Wildman–Crippen MR) is 57.7 cm³/mol. The van der Waals surface area contributed by atoms with Crippen LogP contribution in [0.25, 0.3) is 6.08 Å². The molecule has 0 radical (unpaired) electrons. The summed E-state index contributed by atoms with van der Waals surface area (Å²) in [6.45, 7) is 6.48. The van der Waals surface area contributed by atoms with E-state index in [1.807, 2.05) is 6.07 Å². The Morgan fingerprint density at radius 3 is 2.50 bits per heavy atom. The highest BCUT2D eigenvalue weighted by molar-refractivity contribution is 6.87. The molecule has 0 bridgehead atoms. The largest absolute Gasteiger partial charge is 0.467 e. The van der Waals surface area contributed by atoms with Gasteiger partial charge in [-0.05, 0) is 12.1 Å². The summed E-state index contributed by atoms with van der Waals surface area (Å²) in [5.74, 6) is 0.541. The summed E-state index contributed by atoms with van der Waals surface area (Å²) in [5, 5.41) is 11.0. The van der Waals surface area contributed by atoms with Crippen molar-refractivity contribution in [2.45, 2.75) is 19.6 Å². The average molecular weight is 211 g/mol. The number of hydrogen-bond acceptors (Lipinski definition) is 3. The van der Waals surface area contributed by atoms with Gasteiger partial charge in [-0.3, -0.25) is 10.1 Å². The number of furan rings is 1. The summed E-state index contributed by atoms with van der Waals surface area (Å²) in [6, 6.07) is 3.65. The van der Waals surface area contributed by atoms with Crippen LogP contribution in [0, 0.1) is 10.1 Å². The van der Waals surface area contributed by atoms with Crippen LogP contribution in [-0.2, 0) is 0 Å². The molecule has 1 rings (SSSR count). The lowest BCUT2D eigenvalue weighted by molar-refractivity contribution is -0.401. The SMILES string of the molecule is C[Si](C)(C)c1ccc(/C=C/[N+](=O)[O-])o1.